The highest BCUT2D eigenvalue weighted by atomic mass is 16.5. The number of amides is 1. The van der Waals surface area contributed by atoms with Crippen LogP contribution in [0.5, 0.6) is 0 Å². The molecule has 0 saturated carbocycles. The minimum absolute atomic E-state index is 0.0323. The summed E-state index contributed by atoms with van der Waals surface area (Å²) in [6, 6.07) is 9.11. The van der Waals surface area contributed by atoms with E-state index in [1.807, 2.05) is 39.0 Å². The maximum absolute atomic E-state index is 12.3. The van der Waals surface area contributed by atoms with Crippen LogP contribution < -0.4 is 5.32 Å². The third-order valence-electron chi connectivity index (χ3n) is 4.63. The molecule has 5 heteroatoms. The van der Waals surface area contributed by atoms with E-state index < -0.39 is 11.0 Å². The first-order valence-corrected chi connectivity index (χ1v) is 8.41. The molecule has 2 rings (SSSR count). The lowest BCUT2D eigenvalue weighted by Gasteiger charge is -2.28. The van der Waals surface area contributed by atoms with Gasteiger partial charge in [-0.1, -0.05) is 44.2 Å². The third kappa shape index (κ3) is 4.89. The molecule has 1 aliphatic rings. The molecule has 1 heterocycles. The van der Waals surface area contributed by atoms with Gasteiger partial charge in [0.15, 0.2) is 5.78 Å². The van der Waals surface area contributed by atoms with Gasteiger partial charge < -0.3 is 15.2 Å². The van der Waals surface area contributed by atoms with E-state index in [-0.39, 0.29) is 30.8 Å². The van der Waals surface area contributed by atoms with Gasteiger partial charge in [-0.25, -0.2) is 0 Å². The molecule has 24 heavy (non-hydrogen) atoms. The van der Waals surface area contributed by atoms with Crippen LogP contribution in [0.1, 0.15) is 50.4 Å². The highest BCUT2D eigenvalue weighted by Gasteiger charge is 2.40. The first kappa shape index (κ1) is 18.6. The van der Waals surface area contributed by atoms with E-state index in [1.54, 1.807) is 12.1 Å². The van der Waals surface area contributed by atoms with Crippen LogP contribution in [0.4, 0.5) is 0 Å². The van der Waals surface area contributed by atoms with Crippen LogP contribution in [0.3, 0.4) is 0 Å². The molecule has 1 aromatic rings. The highest BCUT2D eigenvalue weighted by Crippen LogP contribution is 2.28. The van der Waals surface area contributed by atoms with Crippen molar-refractivity contribution in [3.05, 3.63) is 35.9 Å². The van der Waals surface area contributed by atoms with Crippen LogP contribution in [-0.2, 0) is 9.53 Å². The number of carbonyl (C=O) groups is 2. The molecule has 1 aromatic carbocycles. The van der Waals surface area contributed by atoms with Gasteiger partial charge in [0.25, 0.3) is 0 Å². The van der Waals surface area contributed by atoms with Crippen molar-refractivity contribution in [1.29, 1.82) is 0 Å². The normalized spacial score (nSPS) is 23.9. The molecular formula is C19H27NO4. The van der Waals surface area contributed by atoms with E-state index in [9.17, 15) is 14.7 Å². The summed E-state index contributed by atoms with van der Waals surface area (Å²) in [5, 5.41) is 13.2. The standard InChI is InChI=1S/C19H27NO4/c1-14-19(23,9-10-24-14)13-20-17(22)12-18(2,3)11-16(21)15-7-5-4-6-8-15/h4-8,14,23H,9-13H2,1-3H3,(H,20,22). The van der Waals surface area contributed by atoms with Crippen molar-refractivity contribution in [3.8, 4) is 0 Å². The number of rotatable bonds is 7. The van der Waals surface area contributed by atoms with Crippen LogP contribution >= 0.6 is 0 Å². The molecule has 0 aromatic heterocycles. The molecule has 2 N–H and O–H groups in total. The zero-order chi connectivity index (χ0) is 17.8. The first-order chi connectivity index (χ1) is 11.2. The molecule has 0 aliphatic carbocycles. The second-order valence-corrected chi connectivity index (χ2v) is 7.45. The van der Waals surface area contributed by atoms with E-state index in [0.717, 1.165) is 0 Å². The molecule has 0 radical (unpaired) electrons. The topological polar surface area (TPSA) is 75.6 Å². The van der Waals surface area contributed by atoms with Crippen molar-refractivity contribution in [2.24, 2.45) is 5.41 Å². The van der Waals surface area contributed by atoms with Gasteiger partial charge in [-0.3, -0.25) is 9.59 Å². The number of carbonyl (C=O) groups excluding carboxylic acids is 2. The monoisotopic (exact) mass is 333 g/mol. The minimum atomic E-state index is -1.00. The van der Waals surface area contributed by atoms with Crippen molar-refractivity contribution in [1.82, 2.24) is 5.32 Å². The predicted octanol–water partition coefficient (Wildman–Crippen LogP) is 2.33. The molecule has 1 saturated heterocycles. The van der Waals surface area contributed by atoms with Gasteiger partial charge in [0.1, 0.15) is 5.60 Å². The lowest BCUT2D eigenvalue weighted by molar-refractivity contribution is -0.124. The van der Waals surface area contributed by atoms with Crippen molar-refractivity contribution in [3.63, 3.8) is 0 Å². The molecule has 2 unspecified atom stereocenters. The van der Waals surface area contributed by atoms with Gasteiger partial charge in [0, 0.05) is 38.0 Å². The lowest BCUT2D eigenvalue weighted by Crippen LogP contribution is -2.48. The third-order valence-corrected chi connectivity index (χ3v) is 4.63. The summed E-state index contributed by atoms with van der Waals surface area (Å²) in [5.41, 5.74) is -0.783. The Kier molecular flexibility index (Phi) is 5.78. The molecule has 0 spiro atoms. The van der Waals surface area contributed by atoms with Crippen LogP contribution in [0.2, 0.25) is 0 Å². The Bertz CT molecular complexity index is 584. The molecule has 0 bridgehead atoms. The number of hydrogen-bond acceptors (Lipinski definition) is 4. The Hall–Kier alpha value is -1.72. The lowest BCUT2D eigenvalue weighted by atomic mass is 9.82. The van der Waals surface area contributed by atoms with Gasteiger partial charge in [-0.05, 0) is 12.3 Å². The van der Waals surface area contributed by atoms with E-state index in [4.69, 9.17) is 4.74 Å². The molecule has 5 nitrogen and oxygen atoms in total. The number of nitrogens with one attached hydrogen (secondary N) is 1. The van der Waals surface area contributed by atoms with Crippen molar-refractivity contribution in [2.75, 3.05) is 13.2 Å². The predicted molar refractivity (Wildman–Crippen MR) is 91.8 cm³/mol. The fourth-order valence-electron chi connectivity index (χ4n) is 2.97. The maximum Gasteiger partial charge on any atom is 0.220 e. The van der Waals surface area contributed by atoms with E-state index in [1.165, 1.54) is 0 Å². The van der Waals surface area contributed by atoms with Gasteiger partial charge in [-0.15, -0.1) is 0 Å². The zero-order valence-corrected chi connectivity index (χ0v) is 14.7. The number of benzene rings is 1. The molecule has 1 fully saturated rings. The Balaban J connectivity index is 1.84. The minimum Gasteiger partial charge on any atom is -0.385 e. The second-order valence-electron chi connectivity index (χ2n) is 7.45. The SMILES string of the molecule is CC1OCCC1(O)CNC(=O)CC(C)(C)CC(=O)c1ccccc1. The molecule has 132 valence electrons. The maximum atomic E-state index is 12.3. The summed E-state index contributed by atoms with van der Waals surface area (Å²) < 4.78 is 5.36. The van der Waals surface area contributed by atoms with Crippen LogP contribution in [0.25, 0.3) is 0 Å². The average Bonchev–Trinajstić information content (AvgIpc) is 2.85. The summed E-state index contributed by atoms with van der Waals surface area (Å²) in [6.45, 7) is 6.30. The number of hydrogen-bond donors (Lipinski definition) is 2. The van der Waals surface area contributed by atoms with E-state index >= 15 is 0 Å². The van der Waals surface area contributed by atoms with Gasteiger partial charge in [0.2, 0.25) is 5.91 Å². The summed E-state index contributed by atoms with van der Waals surface area (Å²) in [7, 11) is 0. The van der Waals surface area contributed by atoms with Gasteiger partial charge in [0.05, 0.1) is 6.10 Å². The number of Topliss-reactive ketones (excluding diaryl/α,β-unsaturated/α-hetero) is 1. The molecule has 1 aliphatic heterocycles. The van der Waals surface area contributed by atoms with Gasteiger partial charge >= 0.3 is 0 Å². The number of aliphatic hydroxyl groups is 1. The Morgan fingerprint density at radius 1 is 1.29 bits per heavy atom. The van der Waals surface area contributed by atoms with Crippen molar-refractivity contribution in [2.45, 2.75) is 51.7 Å². The van der Waals surface area contributed by atoms with Crippen LogP contribution in [0, 0.1) is 5.41 Å². The largest absolute Gasteiger partial charge is 0.385 e. The van der Waals surface area contributed by atoms with Gasteiger partial charge in [-0.2, -0.15) is 0 Å². The van der Waals surface area contributed by atoms with Crippen LogP contribution in [-0.4, -0.2) is 41.7 Å². The average molecular weight is 333 g/mol. The number of ether oxygens (including phenoxy) is 1. The highest BCUT2D eigenvalue weighted by molar-refractivity contribution is 5.96. The fraction of sp³-hybridized carbons (Fsp3) is 0.579. The van der Waals surface area contributed by atoms with E-state index in [2.05, 4.69) is 5.32 Å². The smallest absolute Gasteiger partial charge is 0.220 e. The van der Waals surface area contributed by atoms with E-state index in [0.29, 0.717) is 25.0 Å². The summed E-state index contributed by atoms with van der Waals surface area (Å²) in [5.74, 6) is -0.127. The summed E-state index contributed by atoms with van der Waals surface area (Å²) >= 11 is 0. The Morgan fingerprint density at radius 2 is 1.96 bits per heavy atom. The second kappa shape index (κ2) is 7.45. The first-order valence-electron chi connectivity index (χ1n) is 8.41. The fourth-order valence-corrected chi connectivity index (χ4v) is 2.97. The quantitative estimate of drug-likeness (QED) is 0.751. The summed E-state index contributed by atoms with van der Waals surface area (Å²) in [6.07, 6.45) is 0.764. The zero-order valence-electron chi connectivity index (χ0n) is 14.7. The Labute approximate surface area is 143 Å². The Morgan fingerprint density at radius 3 is 2.54 bits per heavy atom. The molecule has 1 amide bonds. The molecule has 2 atom stereocenters. The number of ketones is 1. The van der Waals surface area contributed by atoms with Crippen LogP contribution in [0.15, 0.2) is 30.3 Å². The molecular weight excluding hydrogens is 306 g/mol. The van der Waals surface area contributed by atoms with Crippen molar-refractivity contribution < 1.29 is 19.4 Å². The van der Waals surface area contributed by atoms with Crippen molar-refractivity contribution >= 4 is 11.7 Å². The summed E-state index contributed by atoms with van der Waals surface area (Å²) in [4.78, 5) is 24.5.